The van der Waals surface area contributed by atoms with Crippen molar-refractivity contribution in [3.05, 3.63) is 0 Å². The Labute approximate surface area is 212 Å². The Balaban J connectivity index is 2.41. The lowest BCUT2D eigenvalue weighted by Crippen LogP contribution is -2.53. The van der Waals surface area contributed by atoms with Crippen molar-refractivity contribution in [3.63, 3.8) is 0 Å². The molecule has 0 saturated heterocycles. The molecule has 0 spiro atoms. The molecule has 0 aromatic heterocycles. The maximum Gasteiger partial charge on any atom is 0.434 e. The maximum absolute atomic E-state index is 13.6. The molecule has 7 atom stereocenters. The van der Waals surface area contributed by atoms with Crippen LogP contribution in [0, 0.1) is 39.9 Å². The Kier molecular flexibility index (Phi) is 8.51. The fraction of sp³-hybridized carbons (Fsp3) is 0.880. The summed E-state index contributed by atoms with van der Waals surface area (Å²) in [7, 11) is 1.29. The predicted octanol–water partition coefficient (Wildman–Crippen LogP) is 5.52. The molecule has 2 aliphatic rings. The van der Waals surface area contributed by atoms with Crippen LogP contribution in [0.5, 0.6) is 0 Å². The van der Waals surface area contributed by atoms with Crippen LogP contribution < -0.4 is 0 Å². The van der Waals surface area contributed by atoms with Gasteiger partial charge in [-0.25, -0.2) is 0 Å². The van der Waals surface area contributed by atoms with Crippen LogP contribution in [0.4, 0.5) is 26.3 Å². The summed E-state index contributed by atoms with van der Waals surface area (Å²) in [6.07, 6.45) is -17.4. The topological polar surface area (TPSA) is 78.9 Å². The van der Waals surface area contributed by atoms with Crippen LogP contribution >= 0.6 is 0 Å². The molecule has 0 aliphatic heterocycles. The van der Waals surface area contributed by atoms with E-state index in [0.29, 0.717) is 12.7 Å². The maximum atomic E-state index is 13.6. The fourth-order valence-electron chi connectivity index (χ4n) is 5.80. The zero-order chi connectivity index (χ0) is 28.9. The van der Waals surface area contributed by atoms with E-state index in [1.54, 1.807) is 6.92 Å². The van der Waals surface area contributed by atoms with Gasteiger partial charge in [0.25, 0.3) is 6.10 Å². The third kappa shape index (κ3) is 6.25. The van der Waals surface area contributed by atoms with E-state index in [4.69, 9.17) is 9.47 Å². The van der Waals surface area contributed by atoms with Gasteiger partial charge in [-0.05, 0) is 36.5 Å². The fourth-order valence-corrected chi connectivity index (χ4v) is 5.80. The zero-order valence-electron chi connectivity index (χ0n) is 22.3. The van der Waals surface area contributed by atoms with Gasteiger partial charge in [-0.15, -0.1) is 0 Å². The minimum Gasteiger partial charge on any atom is -0.459 e. The van der Waals surface area contributed by atoms with E-state index in [1.807, 2.05) is 41.5 Å². The number of hydrogen-bond donors (Lipinski definition) is 0. The number of fused-ring (bicyclic) bond motifs is 2. The Morgan fingerprint density at radius 3 is 1.78 bits per heavy atom. The van der Waals surface area contributed by atoms with E-state index < -0.39 is 77.1 Å². The van der Waals surface area contributed by atoms with Gasteiger partial charge in [0, 0.05) is 18.9 Å². The molecule has 7 unspecified atom stereocenters. The molecule has 0 aromatic carbocycles. The molecule has 2 rings (SSSR count). The van der Waals surface area contributed by atoms with Gasteiger partial charge in [0.05, 0.1) is 17.4 Å². The van der Waals surface area contributed by atoms with Crippen LogP contribution in [0.1, 0.15) is 61.3 Å². The van der Waals surface area contributed by atoms with Gasteiger partial charge >= 0.3 is 24.3 Å². The van der Waals surface area contributed by atoms with Crippen molar-refractivity contribution in [2.45, 2.75) is 92.0 Å². The van der Waals surface area contributed by atoms with Crippen molar-refractivity contribution in [1.82, 2.24) is 0 Å². The van der Waals surface area contributed by atoms with Gasteiger partial charge in [0.15, 0.2) is 0 Å². The summed E-state index contributed by atoms with van der Waals surface area (Å²) in [4.78, 5) is 38.1. The third-order valence-electron chi connectivity index (χ3n) is 7.85. The second kappa shape index (κ2) is 10.0. The molecule has 2 aliphatic carbocycles. The van der Waals surface area contributed by atoms with Crippen LogP contribution in [0.25, 0.3) is 0 Å². The van der Waals surface area contributed by atoms with Crippen molar-refractivity contribution in [1.29, 1.82) is 0 Å². The first-order chi connectivity index (χ1) is 16.5. The number of carbonyl (C=O) groups is 3. The van der Waals surface area contributed by atoms with E-state index >= 15 is 0 Å². The van der Waals surface area contributed by atoms with Crippen LogP contribution in [-0.4, -0.2) is 56.0 Å². The highest BCUT2D eigenvalue weighted by Crippen LogP contribution is 2.56. The molecule has 0 amide bonds. The molecule has 2 saturated carbocycles. The average molecular weight is 547 g/mol. The lowest BCUT2D eigenvalue weighted by atomic mass is 9.61. The lowest BCUT2D eigenvalue weighted by Gasteiger charge is -2.45. The van der Waals surface area contributed by atoms with Gasteiger partial charge in [-0.1, -0.05) is 41.5 Å². The Morgan fingerprint density at radius 1 is 0.892 bits per heavy atom. The Bertz CT molecular complexity index is 857. The van der Waals surface area contributed by atoms with Crippen LogP contribution in [-0.2, 0) is 28.6 Å². The summed E-state index contributed by atoms with van der Waals surface area (Å²) in [6.45, 7) is 13.1. The first-order valence-electron chi connectivity index (χ1n) is 12.0. The quantitative estimate of drug-likeness (QED) is 0.238. The van der Waals surface area contributed by atoms with Gasteiger partial charge in [0.2, 0.25) is 0 Å². The Morgan fingerprint density at radius 2 is 1.41 bits per heavy atom. The predicted molar refractivity (Wildman–Crippen MR) is 119 cm³/mol. The number of rotatable bonds is 7. The molecule has 12 heteroatoms. The molecule has 2 bridgehead atoms. The summed E-state index contributed by atoms with van der Waals surface area (Å²) in [5, 5.41) is 0. The van der Waals surface area contributed by atoms with Crippen LogP contribution in [0.2, 0.25) is 0 Å². The molecule has 0 heterocycles. The minimum atomic E-state index is -5.90. The monoisotopic (exact) mass is 546 g/mol. The van der Waals surface area contributed by atoms with Gasteiger partial charge < -0.3 is 19.0 Å². The zero-order valence-corrected chi connectivity index (χ0v) is 22.3. The van der Waals surface area contributed by atoms with Crippen molar-refractivity contribution in [2.75, 3.05) is 7.11 Å². The van der Waals surface area contributed by atoms with E-state index in [2.05, 4.69) is 4.74 Å². The lowest BCUT2D eigenvalue weighted by molar-refractivity contribution is -0.315. The summed E-state index contributed by atoms with van der Waals surface area (Å²) < 4.78 is 93.4. The number of ether oxygens (including phenoxy) is 3. The van der Waals surface area contributed by atoms with E-state index in [-0.39, 0.29) is 11.8 Å². The van der Waals surface area contributed by atoms with E-state index in [1.165, 1.54) is 7.11 Å². The number of alkyl halides is 6. The van der Waals surface area contributed by atoms with E-state index in [0.717, 1.165) is 0 Å². The van der Waals surface area contributed by atoms with Gasteiger partial charge in [-0.2, -0.15) is 26.3 Å². The van der Waals surface area contributed by atoms with Crippen LogP contribution in [0.3, 0.4) is 0 Å². The number of esters is 2. The van der Waals surface area contributed by atoms with Gasteiger partial charge in [-0.3, -0.25) is 9.59 Å². The number of methoxy groups -OCH3 is 1. The minimum absolute atomic E-state index is 0.0355. The average Bonchev–Trinajstić information content (AvgIpc) is 3.23. The molecule has 0 aromatic rings. The summed E-state index contributed by atoms with van der Waals surface area (Å²) >= 11 is 0. The normalized spacial score (nSPS) is 30.2. The number of aldehydes is 1. The molecule has 214 valence electrons. The van der Waals surface area contributed by atoms with Crippen molar-refractivity contribution in [3.8, 4) is 0 Å². The smallest absolute Gasteiger partial charge is 0.434 e. The second-order valence-corrected chi connectivity index (χ2v) is 12.6. The molecule has 0 N–H and O–H groups in total. The largest absolute Gasteiger partial charge is 0.459 e. The molecule has 0 radical (unpaired) electrons. The number of carbonyl (C=O) groups excluding carboxylic acids is 3. The summed E-state index contributed by atoms with van der Waals surface area (Å²) in [6, 6.07) is 0. The second-order valence-electron chi connectivity index (χ2n) is 12.6. The molecule has 37 heavy (non-hydrogen) atoms. The van der Waals surface area contributed by atoms with Crippen molar-refractivity contribution >= 4 is 18.2 Å². The standard InChI is InChI=1S/C25H36F6O6/c1-21(2,3)11-23(7,22(4,5)6)20(34)36-17-13-9-12(16(17)35-8)14(10-32)15(13)18(33)37-19(24(26,27)28)25(29,30)31/h10,12-17,19H,9,11H2,1-8H3. The molecule has 2 fully saturated rings. The molecule has 6 nitrogen and oxygen atoms in total. The summed E-state index contributed by atoms with van der Waals surface area (Å²) in [5.74, 6) is -7.14. The first kappa shape index (κ1) is 31.4. The third-order valence-corrected chi connectivity index (χ3v) is 7.85. The first-order valence-corrected chi connectivity index (χ1v) is 12.0. The van der Waals surface area contributed by atoms with Crippen molar-refractivity contribution in [2.24, 2.45) is 39.9 Å². The highest BCUT2D eigenvalue weighted by Gasteiger charge is 2.66. The highest BCUT2D eigenvalue weighted by molar-refractivity contribution is 5.80. The van der Waals surface area contributed by atoms with Gasteiger partial charge in [0.1, 0.15) is 12.4 Å². The van der Waals surface area contributed by atoms with E-state index in [9.17, 15) is 40.7 Å². The molecular weight excluding hydrogens is 510 g/mol. The highest BCUT2D eigenvalue weighted by atomic mass is 19.4. The van der Waals surface area contributed by atoms with Crippen molar-refractivity contribution < 1.29 is 54.9 Å². The SMILES string of the molecule is COC1C2CC(C1OC(=O)C(C)(CC(C)(C)C)C(C)(C)C)C(C(=O)OC(C(F)(F)F)C(F)(F)F)C2C=O. The molecular formula is C25H36F6O6. The number of hydrogen-bond acceptors (Lipinski definition) is 6. The van der Waals surface area contributed by atoms with Crippen LogP contribution in [0.15, 0.2) is 0 Å². The number of halogens is 6. The Hall–Kier alpha value is -1.85. The summed E-state index contributed by atoms with van der Waals surface area (Å²) in [5.41, 5.74) is -1.92.